The summed E-state index contributed by atoms with van der Waals surface area (Å²) in [5.41, 5.74) is 0.282. The Kier molecular flexibility index (Phi) is 4.58. The van der Waals surface area contributed by atoms with Crippen molar-refractivity contribution in [1.29, 1.82) is 0 Å². The Morgan fingerprint density at radius 1 is 1.42 bits per heavy atom. The lowest BCUT2D eigenvalue weighted by Crippen LogP contribution is -2.40. The maximum atomic E-state index is 13.2. The Morgan fingerprint density at radius 3 is 2.67 bits per heavy atom. The van der Waals surface area contributed by atoms with Crippen LogP contribution in [0.5, 0.6) is 0 Å². The summed E-state index contributed by atoms with van der Waals surface area (Å²) in [4.78, 5) is 0.887. The van der Waals surface area contributed by atoms with Gasteiger partial charge in [-0.15, -0.1) is 11.3 Å². The highest BCUT2D eigenvalue weighted by Crippen LogP contribution is 2.30. The smallest absolute Gasteiger partial charge is 0.249 e. The van der Waals surface area contributed by atoms with Gasteiger partial charge in [0.2, 0.25) is 10.0 Å². The van der Waals surface area contributed by atoms with Crippen LogP contribution in [-0.2, 0) is 26.4 Å². The summed E-state index contributed by atoms with van der Waals surface area (Å²) in [6.07, 6.45) is 0.302. The van der Waals surface area contributed by atoms with E-state index in [2.05, 4.69) is 5.16 Å². The fourth-order valence-electron chi connectivity index (χ4n) is 2.93. The molecule has 7 nitrogen and oxygen atoms in total. The molecule has 10 heteroatoms. The van der Waals surface area contributed by atoms with E-state index in [9.17, 15) is 16.8 Å². The van der Waals surface area contributed by atoms with Crippen molar-refractivity contribution >= 4 is 31.2 Å². The summed E-state index contributed by atoms with van der Waals surface area (Å²) < 4.78 is 56.4. The summed E-state index contributed by atoms with van der Waals surface area (Å²) >= 11 is 1.44. The predicted octanol–water partition coefficient (Wildman–Crippen LogP) is 1.73. The van der Waals surface area contributed by atoms with Crippen LogP contribution in [0.1, 0.15) is 22.8 Å². The van der Waals surface area contributed by atoms with Crippen LogP contribution < -0.4 is 0 Å². The highest BCUT2D eigenvalue weighted by Gasteiger charge is 2.41. The molecule has 0 aliphatic carbocycles. The molecule has 3 rings (SSSR count). The van der Waals surface area contributed by atoms with E-state index in [0.717, 1.165) is 4.88 Å². The van der Waals surface area contributed by atoms with Crippen molar-refractivity contribution < 1.29 is 21.4 Å². The average Bonchev–Trinajstić information content (AvgIpc) is 3.18. The second kappa shape index (κ2) is 6.25. The monoisotopic (exact) mass is 390 g/mol. The van der Waals surface area contributed by atoms with Gasteiger partial charge in [0.25, 0.3) is 0 Å². The first kappa shape index (κ1) is 17.6. The maximum absolute atomic E-state index is 13.2. The largest absolute Gasteiger partial charge is 0.360 e. The van der Waals surface area contributed by atoms with Gasteiger partial charge in [0, 0.05) is 17.5 Å². The molecule has 2 aromatic rings. The molecule has 3 heterocycles. The lowest BCUT2D eigenvalue weighted by atomic mass is 10.2. The number of aryl methyl sites for hydroxylation is 2. The van der Waals surface area contributed by atoms with Gasteiger partial charge in [-0.2, -0.15) is 4.31 Å². The summed E-state index contributed by atoms with van der Waals surface area (Å²) in [6.45, 7) is 3.25. The number of rotatable bonds is 5. The van der Waals surface area contributed by atoms with Crippen LogP contribution in [0.15, 0.2) is 26.9 Å². The van der Waals surface area contributed by atoms with E-state index in [1.165, 1.54) is 15.6 Å². The third-order valence-corrected chi connectivity index (χ3v) is 8.80. The van der Waals surface area contributed by atoms with Crippen molar-refractivity contribution in [3.05, 3.63) is 33.8 Å². The first-order valence-corrected chi connectivity index (χ1v) is 11.5. The van der Waals surface area contributed by atoms with Gasteiger partial charge in [-0.05, 0) is 31.7 Å². The molecule has 1 fully saturated rings. The summed E-state index contributed by atoms with van der Waals surface area (Å²) in [5, 5.41) is 5.58. The number of aromatic nitrogens is 1. The third-order valence-electron chi connectivity index (χ3n) is 4.04. The Bertz CT molecular complexity index is 910. The van der Waals surface area contributed by atoms with Crippen LogP contribution in [0.2, 0.25) is 0 Å². The minimum atomic E-state index is -3.91. The van der Waals surface area contributed by atoms with Gasteiger partial charge < -0.3 is 4.52 Å². The maximum Gasteiger partial charge on any atom is 0.249 e. The Labute approximate surface area is 145 Å². The molecule has 0 bridgehead atoms. The molecular weight excluding hydrogens is 372 g/mol. The SMILES string of the molecule is Cc1noc(C)c1S(=O)(=O)N(Cc1cccs1)[C@H]1CCS(=O)(=O)C1. The van der Waals surface area contributed by atoms with E-state index in [-0.39, 0.29) is 34.4 Å². The highest BCUT2D eigenvalue weighted by molar-refractivity contribution is 7.92. The molecule has 24 heavy (non-hydrogen) atoms. The minimum absolute atomic E-state index is 0.00965. The highest BCUT2D eigenvalue weighted by atomic mass is 32.2. The quantitative estimate of drug-likeness (QED) is 0.771. The molecule has 1 saturated heterocycles. The lowest BCUT2D eigenvalue weighted by Gasteiger charge is -2.26. The van der Waals surface area contributed by atoms with Crippen molar-refractivity contribution in [3.63, 3.8) is 0 Å². The van der Waals surface area contributed by atoms with E-state index in [1.54, 1.807) is 13.8 Å². The zero-order valence-electron chi connectivity index (χ0n) is 13.3. The fraction of sp³-hybridized carbons (Fsp3) is 0.500. The van der Waals surface area contributed by atoms with Gasteiger partial charge >= 0.3 is 0 Å². The Balaban J connectivity index is 2.04. The molecule has 132 valence electrons. The molecule has 1 aliphatic rings. The summed E-state index contributed by atoms with van der Waals surface area (Å²) in [6, 6.07) is 3.10. The van der Waals surface area contributed by atoms with Gasteiger partial charge in [-0.1, -0.05) is 11.2 Å². The standard InChI is InChI=1S/C14H18N2O5S3/c1-10-14(11(2)21-15-10)24(19,20)16(8-13-4-3-6-22-13)12-5-7-23(17,18)9-12/h3-4,6,12H,5,7-9H2,1-2H3/t12-/m0/s1. The average molecular weight is 391 g/mol. The van der Waals surface area contributed by atoms with E-state index < -0.39 is 25.9 Å². The molecular formula is C14H18N2O5S3. The van der Waals surface area contributed by atoms with Gasteiger partial charge in [-0.3, -0.25) is 0 Å². The molecule has 0 spiro atoms. The fourth-order valence-corrected chi connectivity index (χ4v) is 7.47. The number of sulfonamides is 1. The Morgan fingerprint density at radius 2 is 2.17 bits per heavy atom. The molecule has 0 N–H and O–H groups in total. The van der Waals surface area contributed by atoms with Crippen LogP contribution >= 0.6 is 11.3 Å². The van der Waals surface area contributed by atoms with Gasteiger partial charge in [0.1, 0.15) is 10.6 Å². The summed E-state index contributed by atoms with van der Waals surface area (Å²) in [5.74, 6) is 0.0704. The topological polar surface area (TPSA) is 97.6 Å². The van der Waals surface area contributed by atoms with Crippen LogP contribution in [-0.4, -0.2) is 43.8 Å². The van der Waals surface area contributed by atoms with E-state index >= 15 is 0 Å². The number of nitrogens with zero attached hydrogens (tertiary/aromatic N) is 2. The van der Waals surface area contributed by atoms with Crippen LogP contribution in [0.25, 0.3) is 0 Å². The molecule has 1 aliphatic heterocycles. The number of thiophene rings is 1. The molecule has 1 atom stereocenters. The number of hydrogen-bond donors (Lipinski definition) is 0. The molecule has 0 radical (unpaired) electrons. The zero-order chi connectivity index (χ0) is 17.5. The first-order valence-electron chi connectivity index (χ1n) is 7.38. The van der Waals surface area contributed by atoms with Crippen LogP contribution in [0.3, 0.4) is 0 Å². The molecule has 0 unspecified atom stereocenters. The second-order valence-corrected chi connectivity index (χ2v) is 10.9. The third kappa shape index (κ3) is 3.28. The minimum Gasteiger partial charge on any atom is -0.360 e. The molecule has 2 aromatic heterocycles. The van der Waals surface area contributed by atoms with Gasteiger partial charge in [-0.25, -0.2) is 16.8 Å². The van der Waals surface area contributed by atoms with Crippen molar-refractivity contribution in [2.75, 3.05) is 11.5 Å². The number of sulfone groups is 1. The molecule has 0 amide bonds. The van der Waals surface area contributed by atoms with E-state index in [1.807, 2.05) is 17.5 Å². The normalized spacial score (nSPS) is 20.7. The first-order chi connectivity index (χ1) is 11.2. The zero-order valence-corrected chi connectivity index (χ0v) is 15.7. The van der Waals surface area contributed by atoms with Gasteiger partial charge in [0.15, 0.2) is 15.6 Å². The molecule has 0 aromatic carbocycles. The van der Waals surface area contributed by atoms with Crippen LogP contribution in [0.4, 0.5) is 0 Å². The lowest BCUT2D eigenvalue weighted by molar-refractivity contribution is 0.335. The number of hydrogen-bond acceptors (Lipinski definition) is 7. The van der Waals surface area contributed by atoms with Crippen LogP contribution in [0, 0.1) is 13.8 Å². The Hall–Kier alpha value is -1.23. The van der Waals surface area contributed by atoms with Crippen molar-refractivity contribution in [2.45, 2.75) is 37.8 Å². The predicted molar refractivity (Wildman–Crippen MR) is 90.1 cm³/mol. The van der Waals surface area contributed by atoms with Crippen molar-refractivity contribution in [2.24, 2.45) is 0 Å². The van der Waals surface area contributed by atoms with E-state index in [4.69, 9.17) is 4.52 Å². The molecule has 0 saturated carbocycles. The summed E-state index contributed by atoms with van der Waals surface area (Å²) in [7, 11) is -7.12. The van der Waals surface area contributed by atoms with Crippen molar-refractivity contribution in [1.82, 2.24) is 9.46 Å². The van der Waals surface area contributed by atoms with Crippen molar-refractivity contribution in [3.8, 4) is 0 Å². The van der Waals surface area contributed by atoms with Gasteiger partial charge in [0.05, 0.1) is 11.5 Å². The van der Waals surface area contributed by atoms with E-state index in [0.29, 0.717) is 6.42 Å². The second-order valence-electron chi connectivity index (χ2n) is 5.84.